The fourth-order valence-corrected chi connectivity index (χ4v) is 4.58. The van der Waals surface area contributed by atoms with Gasteiger partial charge in [0.2, 0.25) is 0 Å². The van der Waals surface area contributed by atoms with Crippen molar-refractivity contribution >= 4 is 9.84 Å². The van der Waals surface area contributed by atoms with E-state index in [0.29, 0.717) is 12.0 Å². The van der Waals surface area contributed by atoms with E-state index in [1.54, 1.807) is 0 Å². The van der Waals surface area contributed by atoms with Crippen molar-refractivity contribution < 1.29 is 13.5 Å². The van der Waals surface area contributed by atoms with Gasteiger partial charge in [0.05, 0.1) is 17.6 Å². The Morgan fingerprint density at radius 2 is 1.81 bits per heavy atom. The average Bonchev–Trinajstić information content (AvgIpc) is 2.44. The molecule has 1 heterocycles. The molecule has 2 rings (SSSR count). The zero-order chi connectivity index (χ0) is 11.8. The summed E-state index contributed by atoms with van der Waals surface area (Å²) in [6, 6.07) is 0.122. The van der Waals surface area contributed by atoms with Gasteiger partial charge in [0.1, 0.15) is 0 Å². The number of rotatable bonds is 2. The summed E-state index contributed by atoms with van der Waals surface area (Å²) < 4.78 is 22.7. The number of hydrogen-bond donors (Lipinski definition) is 2. The van der Waals surface area contributed by atoms with Gasteiger partial charge in [-0.2, -0.15) is 0 Å². The Morgan fingerprint density at radius 1 is 1.12 bits per heavy atom. The third kappa shape index (κ3) is 2.76. The normalized spacial score (nSPS) is 43.4. The van der Waals surface area contributed by atoms with Crippen LogP contribution in [0.15, 0.2) is 0 Å². The number of aliphatic hydroxyl groups is 1. The van der Waals surface area contributed by atoms with Gasteiger partial charge in [-0.3, -0.25) is 0 Å². The lowest BCUT2D eigenvalue weighted by Crippen LogP contribution is -2.48. The summed E-state index contributed by atoms with van der Waals surface area (Å²) in [7, 11) is -3.03. The minimum atomic E-state index is -3.03. The average molecular weight is 247 g/mol. The third-order valence-electron chi connectivity index (χ3n) is 3.86. The second-order valence-corrected chi connectivity index (χ2v) is 7.44. The van der Waals surface area contributed by atoms with E-state index in [1.807, 2.05) is 0 Å². The van der Waals surface area contributed by atoms with Crippen LogP contribution in [0.3, 0.4) is 0 Å². The summed E-state index contributed by atoms with van der Waals surface area (Å²) in [5.74, 6) is 0.604. The monoisotopic (exact) mass is 247 g/mol. The molecular formula is C11H21NO3S. The number of hydrogen-bond acceptors (Lipinski definition) is 4. The van der Waals surface area contributed by atoms with Crippen molar-refractivity contribution in [3.05, 3.63) is 0 Å². The van der Waals surface area contributed by atoms with Gasteiger partial charge >= 0.3 is 0 Å². The molecule has 1 aliphatic carbocycles. The summed E-state index contributed by atoms with van der Waals surface area (Å²) in [5, 5.41) is 13.0. The van der Waals surface area contributed by atoms with Crippen molar-refractivity contribution in [2.24, 2.45) is 5.92 Å². The van der Waals surface area contributed by atoms with Crippen LogP contribution in [-0.4, -0.2) is 43.2 Å². The lowest BCUT2D eigenvalue weighted by molar-refractivity contribution is 0.143. The summed E-state index contributed by atoms with van der Waals surface area (Å²) in [6.45, 7) is 2.20. The molecular weight excluding hydrogens is 226 g/mol. The molecule has 0 bridgehead atoms. The van der Waals surface area contributed by atoms with Crippen LogP contribution in [0.5, 0.6) is 0 Å². The number of sulfone groups is 1. The number of nitrogens with one attached hydrogen (secondary N) is 1. The highest BCUT2D eigenvalue weighted by Gasteiger charge is 2.38. The van der Waals surface area contributed by atoms with Crippen LogP contribution in [0.1, 0.15) is 32.6 Å². The molecule has 0 aromatic carbocycles. The maximum atomic E-state index is 11.4. The van der Waals surface area contributed by atoms with Gasteiger partial charge in [0.15, 0.2) is 9.84 Å². The smallest absolute Gasteiger partial charge is 0.154 e. The van der Waals surface area contributed by atoms with Crippen molar-refractivity contribution in [3.8, 4) is 0 Å². The minimum absolute atomic E-state index is 0.0776. The van der Waals surface area contributed by atoms with E-state index in [2.05, 4.69) is 12.2 Å². The highest BCUT2D eigenvalue weighted by atomic mass is 32.2. The van der Waals surface area contributed by atoms with E-state index in [4.69, 9.17) is 0 Å². The first-order valence-electron chi connectivity index (χ1n) is 6.12. The quantitative estimate of drug-likeness (QED) is 0.737. The molecule has 94 valence electrons. The molecule has 1 saturated carbocycles. The molecule has 1 aliphatic heterocycles. The SMILES string of the molecule is CC1CCCCC1NC1CS(=O)(=O)CC1O. The molecule has 2 aliphatic rings. The van der Waals surface area contributed by atoms with Crippen LogP contribution < -0.4 is 5.32 Å². The first-order chi connectivity index (χ1) is 7.48. The van der Waals surface area contributed by atoms with Crippen LogP contribution in [0.4, 0.5) is 0 Å². The Hall–Kier alpha value is -0.130. The van der Waals surface area contributed by atoms with E-state index < -0.39 is 15.9 Å². The molecule has 2 fully saturated rings. The fraction of sp³-hybridized carbons (Fsp3) is 1.00. The van der Waals surface area contributed by atoms with Gasteiger partial charge in [-0.1, -0.05) is 19.8 Å². The fourth-order valence-electron chi connectivity index (χ4n) is 2.83. The zero-order valence-electron chi connectivity index (χ0n) is 9.72. The molecule has 4 unspecified atom stereocenters. The standard InChI is InChI=1S/C11H21NO3S/c1-8-4-2-3-5-9(8)12-10-6-16(14,15)7-11(10)13/h8-13H,2-7H2,1H3. The predicted molar refractivity (Wildman–Crippen MR) is 63.0 cm³/mol. The molecule has 4 nitrogen and oxygen atoms in total. The molecule has 16 heavy (non-hydrogen) atoms. The van der Waals surface area contributed by atoms with Crippen LogP contribution in [0.2, 0.25) is 0 Å². The lowest BCUT2D eigenvalue weighted by Gasteiger charge is -2.32. The van der Waals surface area contributed by atoms with Gasteiger partial charge in [-0.15, -0.1) is 0 Å². The summed E-state index contributed by atoms with van der Waals surface area (Å²) in [4.78, 5) is 0. The van der Waals surface area contributed by atoms with Gasteiger partial charge < -0.3 is 10.4 Å². The van der Waals surface area contributed by atoms with Crippen molar-refractivity contribution in [1.29, 1.82) is 0 Å². The van der Waals surface area contributed by atoms with Crippen molar-refractivity contribution in [2.45, 2.75) is 50.8 Å². The van der Waals surface area contributed by atoms with Crippen molar-refractivity contribution in [1.82, 2.24) is 5.32 Å². The van der Waals surface area contributed by atoms with E-state index in [9.17, 15) is 13.5 Å². The molecule has 1 saturated heterocycles. The maximum absolute atomic E-state index is 11.4. The number of aliphatic hydroxyl groups excluding tert-OH is 1. The van der Waals surface area contributed by atoms with E-state index in [1.165, 1.54) is 19.3 Å². The second-order valence-electron chi connectivity index (χ2n) is 5.29. The zero-order valence-corrected chi connectivity index (χ0v) is 10.5. The Kier molecular flexibility index (Phi) is 3.56. The minimum Gasteiger partial charge on any atom is -0.390 e. The molecule has 5 heteroatoms. The van der Waals surface area contributed by atoms with Gasteiger partial charge in [0, 0.05) is 12.1 Å². The molecule has 0 radical (unpaired) electrons. The van der Waals surface area contributed by atoms with E-state index in [-0.39, 0.29) is 17.5 Å². The topological polar surface area (TPSA) is 66.4 Å². The Balaban J connectivity index is 1.94. The maximum Gasteiger partial charge on any atom is 0.154 e. The summed E-state index contributed by atoms with van der Waals surface area (Å²) >= 11 is 0. The molecule has 0 spiro atoms. The molecule has 0 aromatic heterocycles. The Labute approximate surface area is 97.3 Å². The summed E-state index contributed by atoms with van der Waals surface area (Å²) in [6.07, 6.45) is 4.05. The second kappa shape index (κ2) is 4.63. The van der Waals surface area contributed by atoms with Crippen molar-refractivity contribution in [2.75, 3.05) is 11.5 Å². The molecule has 0 amide bonds. The Bertz CT molecular complexity index is 341. The summed E-state index contributed by atoms with van der Waals surface area (Å²) in [5.41, 5.74) is 0. The van der Waals surface area contributed by atoms with Crippen LogP contribution in [0.25, 0.3) is 0 Å². The van der Waals surface area contributed by atoms with Gasteiger partial charge in [-0.05, 0) is 18.8 Å². The molecule has 2 N–H and O–H groups in total. The predicted octanol–water partition coefficient (Wildman–Crippen LogP) is 0.313. The van der Waals surface area contributed by atoms with Crippen LogP contribution >= 0.6 is 0 Å². The first-order valence-corrected chi connectivity index (χ1v) is 7.94. The van der Waals surface area contributed by atoms with E-state index in [0.717, 1.165) is 6.42 Å². The molecule has 4 atom stereocenters. The van der Waals surface area contributed by atoms with Gasteiger partial charge in [0.25, 0.3) is 0 Å². The first kappa shape index (κ1) is 12.3. The van der Waals surface area contributed by atoms with Crippen molar-refractivity contribution in [3.63, 3.8) is 0 Å². The lowest BCUT2D eigenvalue weighted by atomic mass is 9.85. The highest BCUT2D eigenvalue weighted by molar-refractivity contribution is 7.91. The van der Waals surface area contributed by atoms with E-state index >= 15 is 0 Å². The largest absolute Gasteiger partial charge is 0.390 e. The van der Waals surface area contributed by atoms with Gasteiger partial charge in [-0.25, -0.2) is 8.42 Å². The van der Waals surface area contributed by atoms with Crippen LogP contribution in [0, 0.1) is 5.92 Å². The Morgan fingerprint density at radius 3 is 2.38 bits per heavy atom. The molecule has 0 aromatic rings. The third-order valence-corrected chi connectivity index (χ3v) is 5.58. The van der Waals surface area contributed by atoms with Crippen LogP contribution in [-0.2, 0) is 9.84 Å². The highest BCUT2D eigenvalue weighted by Crippen LogP contribution is 2.25.